The van der Waals surface area contributed by atoms with Crippen molar-refractivity contribution < 1.29 is 4.74 Å². The summed E-state index contributed by atoms with van der Waals surface area (Å²) in [6.07, 6.45) is 0.987. The molecule has 3 heteroatoms. The quantitative estimate of drug-likeness (QED) is 0.749. The van der Waals surface area contributed by atoms with Crippen molar-refractivity contribution in [3.63, 3.8) is 0 Å². The summed E-state index contributed by atoms with van der Waals surface area (Å²) in [4.78, 5) is 0. The van der Waals surface area contributed by atoms with E-state index in [-0.39, 0.29) is 6.04 Å². The Labute approximate surface area is 132 Å². The van der Waals surface area contributed by atoms with E-state index in [9.17, 15) is 0 Å². The maximum absolute atomic E-state index is 5.96. The van der Waals surface area contributed by atoms with Crippen LogP contribution in [0.15, 0.2) is 42.5 Å². The van der Waals surface area contributed by atoms with E-state index < -0.39 is 0 Å². The van der Waals surface area contributed by atoms with Crippen LogP contribution in [-0.4, -0.2) is 6.61 Å². The minimum Gasteiger partial charge on any atom is -0.492 e. The summed E-state index contributed by atoms with van der Waals surface area (Å²) in [7, 11) is 0. The van der Waals surface area contributed by atoms with Crippen molar-refractivity contribution in [2.45, 2.75) is 33.2 Å². The van der Waals surface area contributed by atoms with Gasteiger partial charge in [-0.25, -0.2) is 0 Å². The molecule has 0 fully saturated rings. The Balaban J connectivity index is 2.24. The molecule has 0 aromatic heterocycles. The summed E-state index contributed by atoms with van der Waals surface area (Å²) in [6.45, 7) is 6.90. The molecule has 21 heavy (non-hydrogen) atoms. The summed E-state index contributed by atoms with van der Waals surface area (Å²) in [6, 6.07) is 14.5. The van der Waals surface area contributed by atoms with Crippen molar-refractivity contribution in [2.24, 2.45) is 0 Å². The number of ether oxygens (including phenoxy) is 1. The van der Waals surface area contributed by atoms with E-state index in [1.54, 1.807) is 0 Å². The second-order valence-corrected chi connectivity index (χ2v) is 5.53. The fraction of sp³-hybridized carbons (Fsp3) is 0.333. The minimum absolute atomic E-state index is 0.240. The van der Waals surface area contributed by atoms with Crippen LogP contribution in [0.2, 0.25) is 5.02 Å². The Morgan fingerprint density at radius 3 is 2.43 bits per heavy atom. The third kappa shape index (κ3) is 4.15. The van der Waals surface area contributed by atoms with Crippen molar-refractivity contribution in [1.29, 1.82) is 0 Å². The summed E-state index contributed by atoms with van der Waals surface area (Å²) >= 11 is 5.96. The summed E-state index contributed by atoms with van der Waals surface area (Å²) in [5, 5.41) is 4.34. The van der Waals surface area contributed by atoms with Crippen molar-refractivity contribution in [3.8, 4) is 5.75 Å². The zero-order valence-corrected chi connectivity index (χ0v) is 13.6. The predicted molar refractivity (Wildman–Crippen MR) is 90.5 cm³/mol. The van der Waals surface area contributed by atoms with Gasteiger partial charge in [-0.1, -0.05) is 36.7 Å². The van der Waals surface area contributed by atoms with Crippen LogP contribution in [0, 0.1) is 6.92 Å². The highest BCUT2D eigenvalue weighted by Crippen LogP contribution is 2.31. The van der Waals surface area contributed by atoms with Crippen LogP contribution in [0.1, 0.15) is 37.4 Å². The van der Waals surface area contributed by atoms with Crippen LogP contribution < -0.4 is 10.1 Å². The van der Waals surface area contributed by atoms with Crippen LogP contribution in [0.5, 0.6) is 5.75 Å². The maximum Gasteiger partial charge on any atom is 0.142 e. The van der Waals surface area contributed by atoms with E-state index in [0.717, 1.165) is 22.9 Å². The van der Waals surface area contributed by atoms with Gasteiger partial charge in [0.25, 0.3) is 0 Å². The summed E-state index contributed by atoms with van der Waals surface area (Å²) in [5.41, 5.74) is 3.46. The second kappa shape index (κ2) is 7.37. The van der Waals surface area contributed by atoms with Gasteiger partial charge in [-0.05, 0) is 55.7 Å². The molecule has 1 unspecified atom stereocenters. The molecule has 0 aliphatic heterocycles. The van der Waals surface area contributed by atoms with Crippen LogP contribution >= 0.6 is 11.6 Å². The van der Waals surface area contributed by atoms with E-state index in [1.807, 2.05) is 19.1 Å². The Bertz CT molecular complexity index is 580. The Morgan fingerprint density at radius 2 is 1.81 bits per heavy atom. The molecule has 112 valence electrons. The van der Waals surface area contributed by atoms with Gasteiger partial charge in [0.05, 0.1) is 18.3 Å². The van der Waals surface area contributed by atoms with E-state index in [4.69, 9.17) is 16.3 Å². The Kier molecular flexibility index (Phi) is 5.51. The van der Waals surface area contributed by atoms with E-state index >= 15 is 0 Å². The molecule has 0 aliphatic rings. The zero-order valence-electron chi connectivity index (χ0n) is 12.8. The molecule has 2 aromatic carbocycles. The lowest BCUT2D eigenvalue weighted by molar-refractivity contribution is 0.341. The highest BCUT2D eigenvalue weighted by molar-refractivity contribution is 6.30. The molecule has 0 radical (unpaired) electrons. The third-order valence-electron chi connectivity index (χ3n) is 3.45. The molecule has 0 saturated heterocycles. The number of hydrogen-bond acceptors (Lipinski definition) is 2. The molecular weight excluding hydrogens is 282 g/mol. The first-order valence-electron chi connectivity index (χ1n) is 7.39. The number of rotatable bonds is 6. The molecule has 0 spiro atoms. The lowest BCUT2D eigenvalue weighted by Crippen LogP contribution is -2.11. The zero-order chi connectivity index (χ0) is 15.2. The van der Waals surface area contributed by atoms with Crippen molar-refractivity contribution in [1.82, 2.24) is 0 Å². The third-order valence-corrected chi connectivity index (χ3v) is 3.70. The minimum atomic E-state index is 0.240. The summed E-state index contributed by atoms with van der Waals surface area (Å²) in [5.74, 6) is 0.907. The molecule has 0 heterocycles. The van der Waals surface area contributed by atoms with Crippen LogP contribution in [0.3, 0.4) is 0 Å². The van der Waals surface area contributed by atoms with Crippen LogP contribution in [-0.2, 0) is 0 Å². The maximum atomic E-state index is 5.96. The monoisotopic (exact) mass is 303 g/mol. The molecule has 1 atom stereocenters. The number of benzene rings is 2. The van der Waals surface area contributed by atoms with Crippen LogP contribution in [0.4, 0.5) is 5.69 Å². The first-order chi connectivity index (χ1) is 10.1. The highest BCUT2D eigenvalue weighted by Gasteiger charge is 2.12. The molecule has 0 saturated carbocycles. The van der Waals surface area contributed by atoms with Crippen molar-refractivity contribution >= 4 is 17.3 Å². The molecule has 0 aliphatic carbocycles. The largest absolute Gasteiger partial charge is 0.492 e. The van der Waals surface area contributed by atoms with Gasteiger partial charge in [0.2, 0.25) is 0 Å². The number of nitrogens with one attached hydrogen (secondary N) is 1. The number of aryl methyl sites for hydroxylation is 1. The number of hydrogen-bond donors (Lipinski definition) is 1. The number of anilines is 1. The van der Waals surface area contributed by atoms with Gasteiger partial charge in [0.1, 0.15) is 5.75 Å². The second-order valence-electron chi connectivity index (χ2n) is 5.09. The average molecular weight is 304 g/mol. The molecule has 2 nitrogen and oxygen atoms in total. The standard InChI is InChI=1S/C18H22ClNO/c1-4-16(14-7-9-15(19)10-8-14)20-17-11-6-13(3)12-18(17)21-5-2/h6-12,16,20H,4-5H2,1-3H3. The molecule has 2 aromatic rings. The SMILES string of the molecule is CCOc1cc(C)ccc1NC(CC)c1ccc(Cl)cc1. The first-order valence-corrected chi connectivity index (χ1v) is 7.77. The molecule has 1 N–H and O–H groups in total. The normalized spacial score (nSPS) is 12.0. The van der Waals surface area contributed by atoms with Crippen molar-refractivity contribution in [2.75, 3.05) is 11.9 Å². The summed E-state index contributed by atoms with van der Waals surface area (Å²) < 4.78 is 5.73. The van der Waals surface area contributed by atoms with Gasteiger partial charge in [0.15, 0.2) is 0 Å². The van der Waals surface area contributed by atoms with E-state index in [2.05, 4.69) is 49.5 Å². The van der Waals surface area contributed by atoms with Crippen LogP contribution in [0.25, 0.3) is 0 Å². The Morgan fingerprint density at radius 1 is 1.10 bits per heavy atom. The van der Waals surface area contributed by atoms with Gasteiger partial charge in [-0.15, -0.1) is 0 Å². The molecular formula is C18H22ClNO. The smallest absolute Gasteiger partial charge is 0.142 e. The van der Waals surface area contributed by atoms with Gasteiger partial charge in [0, 0.05) is 5.02 Å². The Hall–Kier alpha value is -1.67. The molecule has 2 rings (SSSR count). The fourth-order valence-electron chi connectivity index (χ4n) is 2.33. The molecule has 0 amide bonds. The average Bonchev–Trinajstić information content (AvgIpc) is 2.48. The van der Waals surface area contributed by atoms with Gasteiger partial charge >= 0.3 is 0 Å². The first kappa shape index (κ1) is 15.7. The van der Waals surface area contributed by atoms with Gasteiger partial charge in [-0.3, -0.25) is 0 Å². The van der Waals surface area contributed by atoms with Crippen molar-refractivity contribution in [3.05, 3.63) is 58.6 Å². The predicted octanol–water partition coefficient (Wildman–Crippen LogP) is 5.61. The van der Waals surface area contributed by atoms with Gasteiger partial charge < -0.3 is 10.1 Å². The lowest BCUT2D eigenvalue weighted by Gasteiger charge is -2.21. The van der Waals surface area contributed by atoms with E-state index in [1.165, 1.54) is 11.1 Å². The fourth-order valence-corrected chi connectivity index (χ4v) is 2.45. The van der Waals surface area contributed by atoms with E-state index in [0.29, 0.717) is 6.61 Å². The topological polar surface area (TPSA) is 21.3 Å². The number of halogens is 1. The lowest BCUT2D eigenvalue weighted by atomic mass is 10.0. The highest BCUT2D eigenvalue weighted by atomic mass is 35.5. The molecule has 0 bridgehead atoms. The van der Waals surface area contributed by atoms with Gasteiger partial charge in [-0.2, -0.15) is 0 Å².